The minimum absolute atomic E-state index is 0.396. The normalized spacial score (nSPS) is 13.1. The van der Waals surface area contributed by atoms with Crippen LogP contribution in [0.25, 0.3) is 0 Å². The molecule has 0 aromatic heterocycles. The van der Waals surface area contributed by atoms with Gasteiger partial charge in [0.05, 0.1) is 13.4 Å². The average molecular weight is 258 g/mol. The molecule has 5 nitrogen and oxygen atoms in total. The minimum Gasteiger partial charge on any atom is -0.496 e. The molecule has 0 aliphatic heterocycles. The van der Waals surface area contributed by atoms with Crippen LogP contribution >= 0.6 is 0 Å². The quantitative estimate of drug-likeness (QED) is 0.586. The first-order chi connectivity index (χ1) is 7.87. The number of hydrogen-bond acceptors (Lipinski definition) is 5. The molecule has 0 saturated heterocycles. The smallest absolute Gasteiger partial charge is 0.265 e. The van der Waals surface area contributed by atoms with Crippen molar-refractivity contribution in [2.24, 2.45) is 0 Å². The summed E-state index contributed by atoms with van der Waals surface area (Å²) in [6.07, 6.45) is 0.143. The average Bonchev–Trinajstić information content (AvgIpc) is 2.24. The zero-order valence-electron chi connectivity index (χ0n) is 9.84. The molecule has 0 fully saturated rings. The molecule has 0 amide bonds. The van der Waals surface area contributed by atoms with Crippen molar-refractivity contribution in [2.45, 2.75) is 13.0 Å². The zero-order chi connectivity index (χ0) is 13.1. The van der Waals surface area contributed by atoms with Crippen molar-refractivity contribution in [3.05, 3.63) is 29.3 Å². The van der Waals surface area contributed by atoms with Crippen molar-refractivity contribution in [2.75, 3.05) is 13.4 Å². The van der Waals surface area contributed by atoms with Crippen LogP contribution in [0.3, 0.4) is 0 Å². The zero-order valence-corrected chi connectivity index (χ0v) is 10.7. The summed E-state index contributed by atoms with van der Waals surface area (Å²) in [6, 6.07) is 5.11. The molecule has 1 aromatic rings. The molecule has 1 aromatic carbocycles. The summed E-state index contributed by atoms with van der Waals surface area (Å²) in [4.78, 5) is 10.9. The van der Waals surface area contributed by atoms with Gasteiger partial charge >= 0.3 is 0 Å². The van der Waals surface area contributed by atoms with Gasteiger partial charge < -0.3 is 9.53 Å². The molecule has 0 aliphatic carbocycles. The van der Waals surface area contributed by atoms with Crippen molar-refractivity contribution in [1.29, 1.82) is 0 Å². The molecule has 94 valence electrons. The molecule has 0 aliphatic rings. The molecule has 0 radical (unpaired) electrons. The molecule has 17 heavy (non-hydrogen) atoms. The second-order valence-corrected chi connectivity index (χ2v) is 5.20. The molecule has 0 bridgehead atoms. The summed E-state index contributed by atoms with van der Waals surface area (Å²) in [5.41, 5.74) is 1.28. The van der Waals surface area contributed by atoms with E-state index >= 15 is 0 Å². The number of benzene rings is 1. The standard InChI is InChI=1S/C11H14O5S/c1-8-4-5-10(15-2)9(6-8)11(7-12)16-17(3,13)14/h4-7,11H,1-3H3. The maximum Gasteiger partial charge on any atom is 0.265 e. The lowest BCUT2D eigenvalue weighted by atomic mass is 10.1. The predicted octanol–water partition coefficient (Wildman–Crippen LogP) is 1.22. The number of hydrogen-bond donors (Lipinski definition) is 0. The third-order valence-corrected chi connectivity index (χ3v) is 2.65. The Morgan fingerprint density at radius 1 is 1.35 bits per heavy atom. The first-order valence-corrected chi connectivity index (χ1v) is 6.67. The van der Waals surface area contributed by atoms with Crippen molar-refractivity contribution in [1.82, 2.24) is 0 Å². The second kappa shape index (κ2) is 5.29. The Labute approximate surface area is 100 Å². The lowest BCUT2D eigenvalue weighted by molar-refractivity contribution is -0.113. The Morgan fingerprint density at radius 3 is 2.47 bits per heavy atom. The topological polar surface area (TPSA) is 69.7 Å². The lowest BCUT2D eigenvalue weighted by Crippen LogP contribution is -2.12. The van der Waals surface area contributed by atoms with E-state index in [1.54, 1.807) is 18.2 Å². The Balaban J connectivity index is 3.19. The number of rotatable bonds is 5. The van der Waals surface area contributed by atoms with Crippen LogP contribution in [0.4, 0.5) is 0 Å². The molecular formula is C11H14O5S. The summed E-state index contributed by atoms with van der Waals surface area (Å²) in [5.74, 6) is 0.413. The van der Waals surface area contributed by atoms with Gasteiger partial charge in [-0.2, -0.15) is 8.42 Å². The number of carbonyl (C=O) groups excluding carboxylic acids is 1. The van der Waals surface area contributed by atoms with Crippen molar-refractivity contribution in [3.8, 4) is 5.75 Å². The SMILES string of the molecule is COc1ccc(C)cc1C(C=O)OS(C)(=O)=O. The third kappa shape index (κ3) is 3.83. The molecule has 1 atom stereocenters. The maximum absolute atomic E-state index is 11.0. The summed E-state index contributed by atoms with van der Waals surface area (Å²) in [5, 5.41) is 0. The number of ether oxygens (including phenoxy) is 1. The predicted molar refractivity (Wildman–Crippen MR) is 62.5 cm³/mol. The van der Waals surface area contributed by atoms with Gasteiger partial charge in [0.25, 0.3) is 10.1 Å². The molecule has 0 heterocycles. The summed E-state index contributed by atoms with van der Waals surface area (Å²) in [6.45, 7) is 1.82. The van der Waals surface area contributed by atoms with E-state index in [2.05, 4.69) is 0 Å². The summed E-state index contributed by atoms with van der Waals surface area (Å²) in [7, 11) is -2.27. The molecular weight excluding hydrogens is 244 g/mol. The van der Waals surface area contributed by atoms with Crippen LogP contribution in [0.1, 0.15) is 17.2 Å². The van der Waals surface area contributed by atoms with Crippen molar-refractivity contribution < 1.29 is 22.1 Å². The highest BCUT2D eigenvalue weighted by molar-refractivity contribution is 7.86. The fraction of sp³-hybridized carbons (Fsp3) is 0.364. The van der Waals surface area contributed by atoms with Crippen LogP contribution in [0, 0.1) is 6.92 Å². The fourth-order valence-electron chi connectivity index (χ4n) is 1.41. The van der Waals surface area contributed by atoms with Gasteiger partial charge in [-0.15, -0.1) is 0 Å². The van der Waals surface area contributed by atoms with Crippen LogP contribution in [-0.2, 0) is 19.1 Å². The molecule has 0 spiro atoms. The van der Waals surface area contributed by atoms with Gasteiger partial charge in [0.15, 0.2) is 12.4 Å². The summed E-state index contributed by atoms with van der Waals surface area (Å²) < 4.78 is 31.8. The van der Waals surface area contributed by atoms with Crippen LogP contribution in [-0.4, -0.2) is 28.1 Å². The van der Waals surface area contributed by atoms with Gasteiger partial charge in [-0.1, -0.05) is 11.6 Å². The van der Waals surface area contributed by atoms with E-state index in [0.717, 1.165) is 11.8 Å². The van der Waals surface area contributed by atoms with Crippen molar-refractivity contribution in [3.63, 3.8) is 0 Å². The van der Waals surface area contributed by atoms with Crippen LogP contribution in [0.15, 0.2) is 18.2 Å². The van der Waals surface area contributed by atoms with E-state index in [0.29, 0.717) is 17.6 Å². The number of methoxy groups -OCH3 is 1. The Morgan fingerprint density at radius 2 is 2.00 bits per heavy atom. The van der Waals surface area contributed by atoms with Gasteiger partial charge in [-0.25, -0.2) is 0 Å². The molecule has 1 rings (SSSR count). The summed E-state index contributed by atoms with van der Waals surface area (Å²) >= 11 is 0. The Hall–Kier alpha value is -1.40. The highest BCUT2D eigenvalue weighted by Gasteiger charge is 2.20. The first-order valence-electron chi connectivity index (χ1n) is 4.85. The minimum atomic E-state index is -3.71. The Kier molecular flexibility index (Phi) is 4.25. The highest BCUT2D eigenvalue weighted by Crippen LogP contribution is 2.28. The van der Waals surface area contributed by atoms with E-state index in [4.69, 9.17) is 8.92 Å². The van der Waals surface area contributed by atoms with E-state index in [1.807, 2.05) is 6.92 Å². The van der Waals surface area contributed by atoms with E-state index < -0.39 is 16.2 Å². The lowest BCUT2D eigenvalue weighted by Gasteiger charge is -2.14. The van der Waals surface area contributed by atoms with Gasteiger partial charge in [-0.3, -0.25) is 4.18 Å². The van der Waals surface area contributed by atoms with Gasteiger partial charge in [-0.05, 0) is 19.1 Å². The van der Waals surface area contributed by atoms with Crippen LogP contribution in [0.5, 0.6) is 5.75 Å². The van der Waals surface area contributed by atoms with Gasteiger partial charge in [0, 0.05) is 5.56 Å². The molecule has 6 heteroatoms. The van der Waals surface area contributed by atoms with Gasteiger partial charge in [0.2, 0.25) is 0 Å². The monoisotopic (exact) mass is 258 g/mol. The van der Waals surface area contributed by atoms with Crippen molar-refractivity contribution >= 4 is 16.4 Å². The number of carbonyl (C=O) groups is 1. The van der Waals surface area contributed by atoms with E-state index in [1.165, 1.54) is 7.11 Å². The third-order valence-electron chi connectivity index (χ3n) is 2.09. The largest absolute Gasteiger partial charge is 0.496 e. The highest BCUT2D eigenvalue weighted by atomic mass is 32.2. The number of aldehydes is 1. The maximum atomic E-state index is 11.0. The van der Waals surface area contributed by atoms with E-state index in [-0.39, 0.29) is 0 Å². The van der Waals surface area contributed by atoms with Gasteiger partial charge in [0.1, 0.15) is 5.75 Å². The van der Waals surface area contributed by atoms with Crippen LogP contribution < -0.4 is 4.74 Å². The fourth-order valence-corrected chi connectivity index (χ4v) is 1.94. The van der Waals surface area contributed by atoms with E-state index in [9.17, 15) is 13.2 Å². The Bertz CT molecular complexity index is 507. The molecule has 1 unspecified atom stereocenters. The number of aryl methyl sites for hydroxylation is 1. The molecule has 0 saturated carbocycles. The first kappa shape index (κ1) is 13.7. The molecule has 0 N–H and O–H groups in total. The van der Waals surface area contributed by atoms with Crippen LogP contribution in [0.2, 0.25) is 0 Å². The second-order valence-electron chi connectivity index (χ2n) is 3.60.